The van der Waals surface area contributed by atoms with Crippen molar-refractivity contribution in [2.75, 3.05) is 37.8 Å². The molecule has 1 saturated carbocycles. The van der Waals surface area contributed by atoms with Gasteiger partial charge in [0, 0.05) is 26.2 Å². The summed E-state index contributed by atoms with van der Waals surface area (Å²) in [6.45, 7) is 1.81. The van der Waals surface area contributed by atoms with E-state index in [9.17, 15) is 0 Å². The minimum Gasteiger partial charge on any atom is -0.372 e. The number of anilines is 2. The van der Waals surface area contributed by atoms with E-state index in [2.05, 4.69) is 27.6 Å². The van der Waals surface area contributed by atoms with Gasteiger partial charge in [0.1, 0.15) is 11.6 Å². The van der Waals surface area contributed by atoms with Crippen molar-refractivity contribution in [3.63, 3.8) is 0 Å². The molecule has 0 radical (unpaired) electrons. The first kappa shape index (κ1) is 15.7. The molecule has 20 heavy (non-hydrogen) atoms. The molecule has 4 nitrogen and oxygen atoms in total. The summed E-state index contributed by atoms with van der Waals surface area (Å²) >= 11 is 12.2. The van der Waals surface area contributed by atoms with Crippen molar-refractivity contribution in [3.05, 3.63) is 16.1 Å². The lowest BCUT2D eigenvalue weighted by Crippen LogP contribution is -2.33. The fourth-order valence-corrected chi connectivity index (χ4v) is 3.16. The fourth-order valence-electron chi connectivity index (χ4n) is 2.64. The standard InChI is InChI=1S/C14H22Cl2N4/c1-17-13-11(15)9-12(16)14(19-13)18-7-8-20(2)10-5-3-4-6-10/h9-10H,3-8H2,1-2H3,(H2,17,18,19). The molecule has 0 spiro atoms. The summed E-state index contributed by atoms with van der Waals surface area (Å²) in [5.41, 5.74) is 0. The Balaban J connectivity index is 1.87. The van der Waals surface area contributed by atoms with Crippen LogP contribution in [0.2, 0.25) is 10.0 Å². The van der Waals surface area contributed by atoms with Crippen molar-refractivity contribution in [2.45, 2.75) is 31.7 Å². The van der Waals surface area contributed by atoms with Crippen LogP contribution in [0, 0.1) is 0 Å². The van der Waals surface area contributed by atoms with Crippen molar-refractivity contribution in [2.24, 2.45) is 0 Å². The minimum atomic E-state index is 0.533. The van der Waals surface area contributed by atoms with E-state index >= 15 is 0 Å². The van der Waals surface area contributed by atoms with Gasteiger partial charge in [0.05, 0.1) is 10.0 Å². The topological polar surface area (TPSA) is 40.2 Å². The Morgan fingerprint density at radius 3 is 2.55 bits per heavy atom. The zero-order chi connectivity index (χ0) is 14.5. The van der Waals surface area contributed by atoms with Crippen LogP contribution in [0.3, 0.4) is 0 Å². The largest absolute Gasteiger partial charge is 0.372 e. The molecule has 0 saturated heterocycles. The van der Waals surface area contributed by atoms with Crippen LogP contribution >= 0.6 is 23.2 Å². The monoisotopic (exact) mass is 316 g/mol. The molecule has 0 unspecified atom stereocenters. The van der Waals surface area contributed by atoms with E-state index in [4.69, 9.17) is 23.2 Å². The van der Waals surface area contributed by atoms with Gasteiger partial charge in [-0.15, -0.1) is 0 Å². The number of rotatable bonds is 6. The predicted octanol–water partition coefficient (Wildman–Crippen LogP) is 3.72. The van der Waals surface area contributed by atoms with Gasteiger partial charge < -0.3 is 15.5 Å². The Morgan fingerprint density at radius 2 is 1.90 bits per heavy atom. The molecule has 1 heterocycles. The van der Waals surface area contributed by atoms with Gasteiger partial charge in [0.15, 0.2) is 0 Å². The van der Waals surface area contributed by atoms with Gasteiger partial charge in [-0.25, -0.2) is 4.98 Å². The van der Waals surface area contributed by atoms with Crippen molar-refractivity contribution >= 4 is 34.8 Å². The molecule has 6 heteroatoms. The summed E-state index contributed by atoms with van der Waals surface area (Å²) in [6, 6.07) is 2.45. The van der Waals surface area contributed by atoms with Crippen LogP contribution in [0.25, 0.3) is 0 Å². The molecule has 0 amide bonds. The smallest absolute Gasteiger partial charge is 0.147 e. The van der Waals surface area contributed by atoms with E-state index in [-0.39, 0.29) is 0 Å². The molecule has 0 bridgehead atoms. The van der Waals surface area contributed by atoms with Gasteiger partial charge in [0.2, 0.25) is 0 Å². The zero-order valence-corrected chi connectivity index (χ0v) is 13.6. The summed E-state index contributed by atoms with van der Waals surface area (Å²) in [7, 11) is 3.98. The number of halogens is 2. The lowest BCUT2D eigenvalue weighted by atomic mass is 10.2. The normalized spacial score (nSPS) is 15.8. The molecular formula is C14H22Cl2N4. The van der Waals surface area contributed by atoms with E-state index in [1.165, 1.54) is 25.7 Å². The van der Waals surface area contributed by atoms with Gasteiger partial charge >= 0.3 is 0 Å². The van der Waals surface area contributed by atoms with Gasteiger partial charge in [0.25, 0.3) is 0 Å². The van der Waals surface area contributed by atoms with Gasteiger partial charge in [-0.1, -0.05) is 36.0 Å². The first-order chi connectivity index (χ1) is 9.61. The first-order valence-electron chi connectivity index (χ1n) is 7.09. The lowest BCUT2D eigenvalue weighted by molar-refractivity contribution is 0.254. The third-order valence-corrected chi connectivity index (χ3v) is 4.45. The molecule has 0 atom stereocenters. The van der Waals surface area contributed by atoms with Crippen LogP contribution in [0.15, 0.2) is 6.07 Å². The first-order valence-corrected chi connectivity index (χ1v) is 7.85. The third-order valence-electron chi connectivity index (χ3n) is 3.87. The molecule has 0 aromatic carbocycles. The van der Waals surface area contributed by atoms with Crippen molar-refractivity contribution in [1.82, 2.24) is 9.88 Å². The van der Waals surface area contributed by atoms with E-state index in [0.29, 0.717) is 21.7 Å². The predicted molar refractivity (Wildman–Crippen MR) is 87.2 cm³/mol. The molecule has 2 N–H and O–H groups in total. The summed E-state index contributed by atoms with van der Waals surface area (Å²) < 4.78 is 0. The van der Waals surface area contributed by atoms with Crippen LogP contribution in [0.1, 0.15) is 25.7 Å². The molecule has 2 rings (SSSR count). The second-order valence-corrected chi connectivity index (χ2v) is 6.06. The van der Waals surface area contributed by atoms with Gasteiger partial charge in [-0.05, 0) is 26.0 Å². The molecule has 1 aliphatic rings. The third kappa shape index (κ3) is 3.90. The lowest BCUT2D eigenvalue weighted by Gasteiger charge is -2.24. The number of pyridine rings is 1. The van der Waals surface area contributed by atoms with E-state index in [1.54, 1.807) is 13.1 Å². The highest BCUT2D eigenvalue weighted by Gasteiger charge is 2.19. The maximum absolute atomic E-state index is 6.15. The Morgan fingerprint density at radius 1 is 1.25 bits per heavy atom. The Labute approximate surface area is 130 Å². The minimum absolute atomic E-state index is 0.533. The fraction of sp³-hybridized carbons (Fsp3) is 0.643. The van der Waals surface area contributed by atoms with Crippen LogP contribution in [0.5, 0.6) is 0 Å². The van der Waals surface area contributed by atoms with Crippen LogP contribution in [-0.4, -0.2) is 43.1 Å². The second-order valence-electron chi connectivity index (χ2n) is 5.24. The summed E-state index contributed by atoms with van der Waals surface area (Å²) in [5.74, 6) is 1.32. The van der Waals surface area contributed by atoms with Crippen LogP contribution in [-0.2, 0) is 0 Å². The molecule has 1 fully saturated rings. The van der Waals surface area contributed by atoms with Crippen LogP contribution in [0.4, 0.5) is 11.6 Å². The maximum Gasteiger partial charge on any atom is 0.147 e. The second kappa shape index (κ2) is 7.34. The summed E-state index contributed by atoms with van der Waals surface area (Å²) in [6.07, 6.45) is 5.36. The highest BCUT2D eigenvalue weighted by atomic mass is 35.5. The number of likely N-dealkylation sites (N-methyl/N-ethyl adjacent to an activating group) is 1. The Kier molecular flexibility index (Phi) is 5.75. The number of nitrogens with one attached hydrogen (secondary N) is 2. The van der Waals surface area contributed by atoms with Crippen LogP contribution < -0.4 is 10.6 Å². The molecule has 0 aliphatic heterocycles. The van der Waals surface area contributed by atoms with Gasteiger partial charge in [-0.3, -0.25) is 0 Å². The Bertz CT molecular complexity index is 447. The van der Waals surface area contributed by atoms with E-state index < -0.39 is 0 Å². The highest BCUT2D eigenvalue weighted by molar-refractivity contribution is 6.37. The molecule has 1 aromatic rings. The van der Waals surface area contributed by atoms with Gasteiger partial charge in [-0.2, -0.15) is 0 Å². The average Bonchev–Trinajstić information content (AvgIpc) is 2.95. The number of nitrogens with zero attached hydrogens (tertiary/aromatic N) is 2. The van der Waals surface area contributed by atoms with E-state index in [0.717, 1.165) is 19.1 Å². The quantitative estimate of drug-likeness (QED) is 0.839. The SMILES string of the molecule is CNc1nc(NCCN(C)C2CCCC2)c(Cl)cc1Cl. The Hall–Kier alpha value is -0.710. The van der Waals surface area contributed by atoms with Crippen molar-refractivity contribution < 1.29 is 0 Å². The highest BCUT2D eigenvalue weighted by Crippen LogP contribution is 2.28. The average molecular weight is 317 g/mol. The van der Waals surface area contributed by atoms with Crippen molar-refractivity contribution in [1.29, 1.82) is 0 Å². The molecular weight excluding hydrogens is 295 g/mol. The summed E-state index contributed by atoms with van der Waals surface area (Å²) in [5, 5.41) is 7.33. The van der Waals surface area contributed by atoms with E-state index in [1.807, 2.05) is 0 Å². The number of aromatic nitrogens is 1. The molecule has 1 aromatic heterocycles. The molecule has 1 aliphatic carbocycles. The zero-order valence-electron chi connectivity index (χ0n) is 12.0. The summed E-state index contributed by atoms with van der Waals surface area (Å²) in [4.78, 5) is 6.80. The maximum atomic E-state index is 6.15. The van der Waals surface area contributed by atoms with Crippen molar-refractivity contribution in [3.8, 4) is 0 Å². The molecule has 112 valence electrons. The number of hydrogen-bond acceptors (Lipinski definition) is 4. The number of hydrogen-bond donors (Lipinski definition) is 2.